The van der Waals surface area contributed by atoms with Crippen molar-refractivity contribution in [3.05, 3.63) is 71.3 Å². The topological polar surface area (TPSA) is 95.4 Å². The highest BCUT2D eigenvalue weighted by Gasteiger charge is 2.43. The lowest BCUT2D eigenvalue weighted by atomic mass is 9.83. The van der Waals surface area contributed by atoms with Crippen LogP contribution in [-0.2, 0) is 5.41 Å². The highest BCUT2D eigenvalue weighted by atomic mass is 32.2. The fourth-order valence-corrected chi connectivity index (χ4v) is 6.53. The van der Waals surface area contributed by atoms with Crippen LogP contribution >= 0.6 is 23.7 Å². The zero-order chi connectivity index (χ0) is 29.2. The van der Waals surface area contributed by atoms with Crippen LogP contribution in [0, 0.1) is 22.7 Å². The van der Waals surface area contributed by atoms with Crippen molar-refractivity contribution in [1.82, 2.24) is 4.31 Å². The number of rotatable bonds is 10. The third-order valence-corrected chi connectivity index (χ3v) is 8.40. The monoisotopic (exact) mass is 576 g/mol. The first-order chi connectivity index (χ1) is 18.9. The van der Waals surface area contributed by atoms with Crippen LogP contribution in [0.2, 0.25) is 0 Å². The molecule has 3 aromatic rings. The van der Waals surface area contributed by atoms with Gasteiger partial charge in [0.25, 0.3) is 0 Å². The molecule has 0 aliphatic carbocycles. The van der Waals surface area contributed by atoms with Gasteiger partial charge in [0.05, 0.1) is 29.2 Å². The predicted molar refractivity (Wildman–Crippen MR) is 169 cm³/mol. The Balaban J connectivity index is 2.02. The smallest absolute Gasteiger partial charge is 0.149 e. The van der Waals surface area contributed by atoms with Crippen molar-refractivity contribution in [3.63, 3.8) is 0 Å². The molecule has 0 unspecified atom stereocenters. The third kappa shape index (κ3) is 6.28. The summed E-state index contributed by atoms with van der Waals surface area (Å²) in [7, 11) is 0. The number of amidine groups is 2. The summed E-state index contributed by atoms with van der Waals surface area (Å²) in [5, 5.41) is 18.7. The summed E-state index contributed by atoms with van der Waals surface area (Å²) in [6, 6.07) is 17.7. The fraction of sp³-hybridized carbons (Fsp3) is 0.375. The first-order valence-electron chi connectivity index (χ1n) is 13.6. The standard InChI is InChI=1S/C32H40N4O2S2/c1-19(2)17-37-27-24-25(31(35)36(30(24)34)40-21-13-9-8-10-14-21)28(38-18-20(3)4)29(26(27)32(5,6)7)39-23-16-12-11-15-22(23)33/h8-16,19-20,34-35H,17-18,33H2,1-7H3. The van der Waals surface area contributed by atoms with Gasteiger partial charge < -0.3 is 15.2 Å². The Morgan fingerprint density at radius 3 is 1.88 bits per heavy atom. The van der Waals surface area contributed by atoms with Crippen molar-refractivity contribution in [3.8, 4) is 11.5 Å². The molecule has 1 heterocycles. The Morgan fingerprint density at radius 1 is 0.800 bits per heavy atom. The van der Waals surface area contributed by atoms with E-state index >= 15 is 0 Å². The largest absolute Gasteiger partial charge is 0.492 e. The van der Waals surface area contributed by atoms with E-state index in [0.717, 1.165) is 20.2 Å². The van der Waals surface area contributed by atoms with Crippen LogP contribution in [0.1, 0.15) is 65.2 Å². The number of nitrogens with zero attached hydrogens (tertiary/aromatic N) is 1. The van der Waals surface area contributed by atoms with Gasteiger partial charge in [-0.3, -0.25) is 10.8 Å². The predicted octanol–water partition coefficient (Wildman–Crippen LogP) is 8.46. The molecule has 0 atom stereocenters. The van der Waals surface area contributed by atoms with E-state index < -0.39 is 0 Å². The average Bonchev–Trinajstić information content (AvgIpc) is 3.12. The van der Waals surface area contributed by atoms with Crippen LogP contribution in [0.15, 0.2) is 69.3 Å². The van der Waals surface area contributed by atoms with E-state index in [9.17, 15) is 10.8 Å². The fourth-order valence-electron chi connectivity index (χ4n) is 4.37. The summed E-state index contributed by atoms with van der Waals surface area (Å²) in [4.78, 5) is 2.74. The van der Waals surface area contributed by atoms with Crippen molar-refractivity contribution in [2.45, 2.75) is 68.6 Å². The normalized spacial score (nSPS) is 13.4. The molecule has 0 saturated carbocycles. The quantitative estimate of drug-likeness (QED) is 0.166. The first kappa shape index (κ1) is 29.9. The number of hydrogen-bond acceptors (Lipinski definition) is 7. The van der Waals surface area contributed by atoms with Crippen molar-refractivity contribution in [2.75, 3.05) is 18.9 Å². The Morgan fingerprint density at radius 2 is 1.32 bits per heavy atom. The highest BCUT2D eigenvalue weighted by Crippen LogP contribution is 2.54. The number of ether oxygens (including phenoxy) is 2. The number of benzene rings is 3. The molecular weight excluding hydrogens is 537 g/mol. The summed E-state index contributed by atoms with van der Waals surface area (Å²) in [6.07, 6.45) is 0. The molecule has 0 fully saturated rings. The minimum Gasteiger partial charge on any atom is -0.492 e. The second-order valence-electron chi connectivity index (χ2n) is 11.8. The number of nitrogens with one attached hydrogen (secondary N) is 2. The van der Waals surface area contributed by atoms with Gasteiger partial charge in [0.2, 0.25) is 0 Å². The molecule has 0 spiro atoms. The summed E-state index contributed by atoms with van der Waals surface area (Å²) < 4.78 is 14.9. The van der Waals surface area contributed by atoms with Crippen LogP contribution < -0.4 is 15.2 Å². The van der Waals surface area contributed by atoms with Crippen molar-refractivity contribution >= 4 is 41.1 Å². The summed E-state index contributed by atoms with van der Waals surface area (Å²) >= 11 is 2.91. The van der Waals surface area contributed by atoms with Gasteiger partial charge >= 0.3 is 0 Å². The van der Waals surface area contributed by atoms with Gasteiger partial charge in [-0.25, -0.2) is 4.31 Å². The van der Waals surface area contributed by atoms with Crippen LogP contribution in [0.25, 0.3) is 0 Å². The van der Waals surface area contributed by atoms with Crippen molar-refractivity contribution in [2.24, 2.45) is 11.8 Å². The van der Waals surface area contributed by atoms with E-state index in [-0.39, 0.29) is 28.9 Å². The molecular formula is C32H40N4O2S2. The molecule has 40 heavy (non-hydrogen) atoms. The highest BCUT2D eigenvalue weighted by molar-refractivity contribution is 7.99. The summed E-state index contributed by atoms with van der Waals surface area (Å²) in [6.45, 7) is 15.9. The molecule has 1 aliphatic rings. The summed E-state index contributed by atoms with van der Waals surface area (Å²) in [5.74, 6) is 2.26. The Labute approximate surface area is 247 Å². The molecule has 0 radical (unpaired) electrons. The Kier molecular flexibility index (Phi) is 9.10. The van der Waals surface area contributed by atoms with Crippen LogP contribution in [0.4, 0.5) is 5.69 Å². The van der Waals surface area contributed by atoms with Gasteiger partial charge in [0.1, 0.15) is 23.2 Å². The molecule has 0 amide bonds. The number of anilines is 1. The molecule has 3 aromatic carbocycles. The SMILES string of the molecule is CC(C)COc1c(Sc2ccccc2N)c(C(C)(C)C)c(OCC(C)C)c2c1C(=N)N(Sc1ccccc1)C2=N. The van der Waals surface area contributed by atoms with E-state index in [2.05, 4.69) is 48.5 Å². The van der Waals surface area contributed by atoms with Gasteiger partial charge in [0.15, 0.2) is 0 Å². The second-order valence-corrected chi connectivity index (χ2v) is 13.9. The molecule has 0 aromatic heterocycles. The number of nitrogen functional groups attached to an aromatic ring is 1. The molecule has 8 heteroatoms. The number of hydrogen-bond donors (Lipinski definition) is 3. The van der Waals surface area contributed by atoms with Crippen LogP contribution in [0.5, 0.6) is 11.5 Å². The van der Waals surface area contributed by atoms with Gasteiger partial charge in [0, 0.05) is 21.0 Å². The Hall–Kier alpha value is -3.10. The lowest BCUT2D eigenvalue weighted by Crippen LogP contribution is -2.22. The zero-order valence-electron chi connectivity index (χ0n) is 24.4. The van der Waals surface area contributed by atoms with E-state index in [1.54, 1.807) is 16.1 Å². The van der Waals surface area contributed by atoms with Crippen molar-refractivity contribution < 1.29 is 9.47 Å². The molecule has 1 aliphatic heterocycles. The molecule has 0 saturated heterocycles. The third-order valence-electron chi connectivity index (χ3n) is 6.19. The zero-order valence-corrected chi connectivity index (χ0v) is 26.1. The summed E-state index contributed by atoms with van der Waals surface area (Å²) in [5.41, 5.74) is 8.92. The maximum absolute atomic E-state index is 9.35. The number of para-hydroxylation sites is 1. The van der Waals surface area contributed by atoms with E-state index in [0.29, 0.717) is 41.5 Å². The lowest BCUT2D eigenvalue weighted by Gasteiger charge is -2.30. The van der Waals surface area contributed by atoms with Crippen molar-refractivity contribution in [1.29, 1.82) is 10.8 Å². The van der Waals surface area contributed by atoms with Gasteiger partial charge in [-0.15, -0.1) is 0 Å². The molecule has 0 bridgehead atoms. The second kappa shape index (κ2) is 12.2. The maximum atomic E-state index is 9.35. The number of nitrogens with two attached hydrogens (primary N) is 1. The van der Waals surface area contributed by atoms with Crippen LogP contribution in [-0.4, -0.2) is 29.2 Å². The van der Waals surface area contributed by atoms with Gasteiger partial charge in [-0.2, -0.15) is 0 Å². The van der Waals surface area contributed by atoms with Gasteiger partial charge in [-0.05, 0) is 53.5 Å². The minimum absolute atomic E-state index is 0.213. The Bertz CT molecular complexity index is 1400. The van der Waals surface area contributed by atoms with E-state index in [1.165, 1.54) is 11.9 Å². The minimum atomic E-state index is -0.356. The lowest BCUT2D eigenvalue weighted by molar-refractivity contribution is 0.252. The first-order valence-corrected chi connectivity index (χ1v) is 15.2. The van der Waals surface area contributed by atoms with Crippen LogP contribution in [0.3, 0.4) is 0 Å². The average molecular weight is 577 g/mol. The van der Waals surface area contributed by atoms with E-state index in [1.807, 2.05) is 54.6 Å². The number of fused-ring (bicyclic) bond motifs is 1. The molecule has 6 nitrogen and oxygen atoms in total. The maximum Gasteiger partial charge on any atom is 0.149 e. The molecule has 212 valence electrons. The molecule has 4 N–H and O–H groups in total. The van der Waals surface area contributed by atoms with E-state index in [4.69, 9.17) is 15.2 Å². The van der Waals surface area contributed by atoms with Gasteiger partial charge in [-0.1, -0.05) is 90.6 Å². The molecule has 4 rings (SSSR count).